The molecule has 1 amide bonds. The number of hydrogen-bond donors (Lipinski definition) is 3. The second-order valence-electron chi connectivity index (χ2n) is 19.9. The summed E-state index contributed by atoms with van der Waals surface area (Å²) in [5, 5.41) is 10.7. The van der Waals surface area contributed by atoms with Crippen LogP contribution in [0.1, 0.15) is 106 Å². The Morgan fingerprint density at radius 3 is 2.25 bits per heavy atom. The summed E-state index contributed by atoms with van der Waals surface area (Å²) in [5.41, 5.74) is 3.05. The van der Waals surface area contributed by atoms with Crippen molar-refractivity contribution in [1.82, 2.24) is 44.6 Å². The van der Waals surface area contributed by atoms with Gasteiger partial charge in [-0.15, -0.1) is 0 Å². The van der Waals surface area contributed by atoms with Crippen LogP contribution in [-0.4, -0.2) is 142 Å². The smallest absolute Gasteiger partial charge is 0.263 e. The molecule has 9 rings (SSSR count). The Morgan fingerprint density at radius 2 is 1.49 bits per heavy atom. The number of piperazine rings is 2. The highest BCUT2D eigenvalue weighted by Gasteiger charge is 2.27. The Labute approximate surface area is 416 Å². The van der Waals surface area contributed by atoms with Crippen molar-refractivity contribution in [3.63, 3.8) is 0 Å². The highest BCUT2D eigenvalue weighted by molar-refractivity contribution is 5.99. The van der Waals surface area contributed by atoms with E-state index in [0.717, 1.165) is 153 Å². The fraction of sp³-hybridized carbons (Fsp3) is 0.547. The number of anilines is 6. The van der Waals surface area contributed by atoms with Gasteiger partial charge in [-0.25, -0.2) is 24.3 Å². The van der Waals surface area contributed by atoms with E-state index in [1.807, 2.05) is 24.4 Å². The lowest BCUT2D eigenvalue weighted by Crippen LogP contribution is -2.49. The maximum Gasteiger partial charge on any atom is 0.263 e. The summed E-state index contributed by atoms with van der Waals surface area (Å²) in [7, 11) is 0. The maximum atomic E-state index is 13.9. The predicted molar refractivity (Wildman–Crippen MR) is 279 cm³/mol. The first-order valence-corrected chi connectivity index (χ1v) is 26.1. The second-order valence-corrected chi connectivity index (χ2v) is 19.9. The SMILES string of the molecule is CC(=O)c1c(C)c2cnc(Nc3ccc(N4CCN(CC(=O)NCCCCCCCCN5CCN(c6cc(N[C@@H]7CCCN(c8cccc(F)c8)C7)ncn6)CC5)CC4)cn3)nc2n(C2CCCC2)c1=O. The lowest BCUT2D eigenvalue weighted by Gasteiger charge is -2.36. The first-order chi connectivity index (χ1) is 34.6. The standard InChI is InChI=1S/C53H71FN14O3/c1-38-45-34-57-53(62-51(45)68(42-15-7-8-16-42)52(71)50(38)39(2)69)61-46-19-18-44(33-56-46)65-27-25-64(26-28-65)36-49(70)55-20-9-5-3-4-6-10-21-63-23-29-66(30-24-63)48-32-47(58-37-59-48)60-41-14-12-22-67(35-41)43-17-11-13-40(54)31-43/h11,13,17-19,31-34,37,41-42H,3-10,12,14-16,20-30,35-36H2,1-2H3,(H,55,70)(H,58,59,60)(H,56,57,61,62)/t41-/m1/s1. The molecule has 71 heavy (non-hydrogen) atoms. The molecule has 1 aromatic carbocycles. The third kappa shape index (κ3) is 12.8. The molecule has 17 nitrogen and oxygen atoms in total. The molecule has 7 heterocycles. The molecule has 1 atom stereocenters. The van der Waals surface area contributed by atoms with Gasteiger partial charge in [0.2, 0.25) is 11.9 Å². The number of pyridine rings is 2. The van der Waals surface area contributed by atoms with Crippen LogP contribution < -0.4 is 36.2 Å². The van der Waals surface area contributed by atoms with Gasteiger partial charge in [-0.1, -0.05) is 44.6 Å². The number of hydrogen-bond acceptors (Lipinski definition) is 15. The van der Waals surface area contributed by atoms with E-state index in [-0.39, 0.29) is 40.7 Å². The van der Waals surface area contributed by atoms with Gasteiger partial charge in [0.25, 0.3) is 5.56 Å². The number of carbonyl (C=O) groups excluding carboxylic acids is 2. The van der Waals surface area contributed by atoms with Crippen molar-refractivity contribution in [3.8, 4) is 0 Å². The van der Waals surface area contributed by atoms with Crippen molar-refractivity contribution in [2.75, 3.05) is 110 Å². The van der Waals surface area contributed by atoms with Gasteiger partial charge in [0.1, 0.15) is 35.2 Å². The molecule has 0 bridgehead atoms. The number of halogens is 1. The molecule has 0 unspecified atom stereocenters. The molecule has 4 aromatic heterocycles. The zero-order valence-electron chi connectivity index (χ0n) is 41.6. The summed E-state index contributed by atoms with van der Waals surface area (Å²) < 4.78 is 15.6. The number of nitrogens with one attached hydrogen (secondary N) is 3. The largest absolute Gasteiger partial charge is 0.369 e. The number of carbonyl (C=O) groups is 2. The van der Waals surface area contributed by atoms with Crippen molar-refractivity contribution >= 4 is 57.5 Å². The molecule has 4 aliphatic rings. The van der Waals surface area contributed by atoms with Crippen molar-refractivity contribution in [1.29, 1.82) is 0 Å². The van der Waals surface area contributed by atoms with E-state index < -0.39 is 0 Å². The number of Topliss-reactive ketones (excluding diaryl/α,β-unsaturated/α-hetero) is 1. The summed E-state index contributed by atoms with van der Waals surface area (Å²) in [4.78, 5) is 73.7. The van der Waals surface area contributed by atoms with E-state index in [2.05, 4.69) is 66.5 Å². The molecule has 0 radical (unpaired) electrons. The van der Waals surface area contributed by atoms with E-state index >= 15 is 0 Å². The highest BCUT2D eigenvalue weighted by Crippen LogP contribution is 2.32. The number of aryl methyl sites for hydroxylation is 1. The number of unbranched alkanes of at least 4 members (excludes halogenated alkanes) is 5. The molecular formula is C53H71FN14O3. The van der Waals surface area contributed by atoms with Gasteiger partial charge < -0.3 is 30.7 Å². The van der Waals surface area contributed by atoms with E-state index in [4.69, 9.17) is 4.98 Å². The number of ketones is 1. The normalized spacial score (nSPS) is 18.3. The van der Waals surface area contributed by atoms with E-state index in [0.29, 0.717) is 34.9 Å². The molecule has 3 saturated heterocycles. The molecule has 18 heteroatoms. The highest BCUT2D eigenvalue weighted by atomic mass is 19.1. The molecular weight excluding hydrogens is 900 g/mol. The van der Waals surface area contributed by atoms with Crippen LogP contribution in [0.25, 0.3) is 11.0 Å². The van der Waals surface area contributed by atoms with Crippen molar-refractivity contribution < 1.29 is 14.0 Å². The summed E-state index contributed by atoms with van der Waals surface area (Å²) in [5.74, 6) is 2.40. The van der Waals surface area contributed by atoms with E-state index in [9.17, 15) is 18.8 Å². The van der Waals surface area contributed by atoms with Crippen molar-refractivity contribution in [3.05, 3.63) is 88.5 Å². The minimum atomic E-state index is -0.271. The lowest BCUT2D eigenvalue weighted by molar-refractivity contribution is -0.122. The first-order valence-electron chi connectivity index (χ1n) is 26.1. The monoisotopic (exact) mass is 971 g/mol. The van der Waals surface area contributed by atoms with Crippen LogP contribution in [0.5, 0.6) is 0 Å². The average molecular weight is 971 g/mol. The van der Waals surface area contributed by atoms with Crippen LogP contribution in [0, 0.1) is 12.7 Å². The van der Waals surface area contributed by atoms with Crippen LogP contribution in [0.2, 0.25) is 0 Å². The molecule has 3 N–H and O–H groups in total. The number of benzene rings is 1. The third-order valence-corrected chi connectivity index (χ3v) is 14.9. The fourth-order valence-corrected chi connectivity index (χ4v) is 10.9. The van der Waals surface area contributed by atoms with Crippen molar-refractivity contribution in [2.45, 2.75) is 103 Å². The number of amides is 1. The second kappa shape index (κ2) is 23.8. The molecule has 1 saturated carbocycles. The first kappa shape index (κ1) is 49.7. The number of fused-ring (bicyclic) bond motifs is 1. The zero-order valence-corrected chi connectivity index (χ0v) is 41.6. The Balaban J connectivity index is 0.614. The Kier molecular flexibility index (Phi) is 16.6. The number of aromatic nitrogens is 6. The minimum Gasteiger partial charge on any atom is -0.369 e. The lowest BCUT2D eigenvalue weighted by atomic mass is 10.0. The molecule has 3 aliphatic heterocycles. The third-order valence-electron chi connectivity index (χ3n) is 14.9. The van der Waals surface area contributed by atoms with Crippen LogP contribution >= 0.6 is 0 Å². The Bertz CT molecular complexity index is 2640. The number of rotatable bonds is 20. The maximum absolute atomic E-state index is 13.9. The zero-order chi connectivity index (χ0) is 49.1. The van der Waals surface area contributed by atoms with Crippen LogP contribution in [0.4, 0.5) is 39.2 Å². The van der Waals surface area contributed by atoms with Gasteiger partial charge in [0.05, 0.1) is 24.0 Å². The summed E-state index contributed by atoms with van der Waals surface area (Å²) in [6.45, 7) is 14.4. The molecule has 1 aliphatic carbocycles. The van der Waals surface area contributed by atoms with Crippen LogP contribution in [-0.2, 0) is 4.79 Å². The summed E-state index contributed by atoms with van der Waals surface area (Å²) in [6, 6.07) is 13.1. The van der Waals surface area contributed by atoms with Crippen LogP contribution in [0.3, 0.4) is 0 Å². The number of piperidine rings is 1. The van der Waals surface area contributed by atoms with Gasteiger partial charge in [-0.3, -0.25) is 28.8 Å². The average Bonchev–Trinajstić information content (AvgIpc) is 3.91. The van der Waals surface area contributed by atoms with E-state index in [1.54, 1.807) is 36.1 Å². The predicted octanol–water partition coefficient (Wildman–Crippen LogP) is 6.97. The van der Waals surface area contributed by atoms with Gasteiger partial charge in [0.15, 0.2) is 5.78 Å². The quantitative estimate of drug-likeness (QED) is 0.0539. The minimum absolute atomic E-state index is 0.0110. The Morgan fingerprint density at radius 1 is 0.732 bits per heavy atom. The van der Waals surface area contributed by atoms with Gasteiger partial charge >= 0.3 is 0 Å². The summed E-state index contributed by atoms with van der Waals surface area (Å²) in [6.07, 6.45) is 18.1. The van der Waals surface area contributed by atoms with Crippen LogP contribution in [0.15, 0.2) is 66.0 Å². The summed E-state index contributed by atoms with van der Waals surface area (Å²) >= 11 is 0. The van der Waals surface area contributed by atoms with Gasteiger partial charge in [-0.05, 0) is 94.8 Å². The molecule has 0 spiro atoms. The number of nitrogens with zero attached hydrogens (tertiary/aromatic N) is 11. The van der Waals surface area contributed by atoms with Crippen molar-refractivity contribution in [2.24, 2.45) is 0 Å². The fourth-order valence-electron chi connectivity index (χ4n) is 10.9. The van der Waals surface area contributed by atoms with E-state index in [1.165, 1.54) is 38.7 Å². The van der Waals surface area contributed by atoms with Gasteiger partial charge in [-0.2, -0.15) is 4.98 Å². The molecule has 378 valence electrons. The topological polar surface area (TPSA) is 173 Å². The molecule has 5 aromatic rings. The molecule has 4 fully saturated rings. The van der Waals surface area contributed by atoms with Gasteiger partial charge in [0, 0.05) is 107 Å². The Hall–Kier alpha value is -6.27.